The van der Waals surface area contributed by atoms with Gasteiger partial charge in [0.2, 0.25) is 0 Å². The van der Waals surface area contributed by atoms with Crippen molar-refractivity contribution in [2.24, 2.45) is 0 Å². The van der Waals surface area contributed by atoms with E-state index in [-0.39, 0.29) is 34.5 Å². The molecule has 0 saturated carbocycles. The lowest BCUT2D eigenvalue weighted by Gasteiger charge is -2.22. The average Bonchev–Trinajstić information content (AvgIpc) is 3.09. The van der Waals surface area contributed by atoms with Crippen molar-refractivity contribution in [2.45, 2.75) is 53.2 Å². The van der Waals surface area contributed by atoms with E-state index in [2.05, 4.69) is 4.98 Å². The Morgan fingerprint density at radius 3 is 2.11 bits per heavy atom. The van der Waals surface area contributed by atoms with E-state index in [0.717, 1.165) is 6.08 Å². The van der Waals surface area contributed by atoms with Crippen molar-refractivity contribution in [3.8, 4) is 0 Å². The predicted octanol–water partition coefficient (Wildman–Crippen LogP) is 4.87. The maximum Gasteiger partial charge on any atom is 0.356 e. The van der Waals surface area contributed by atoms with Crippen LogP contribution in [0.1, 0.15) is 57.6 Å². The second-order valence-electron chi connectivity index (χ2n) is 8.30. The molecule has 1 atom stereocenters. The van der Waals surface area contributed by atoms with Crippen LogP contribution in [0.15, 0.2) is 17.7 Å². The van der Waals surface area contributed by atoms with Gasteiger partial charge in [-0.2, -0.15) is 0 Å². The van der Waals surface area contributed by atoms with Gasteiger partial charge in [-0.15, -0.1) is 0 Å². The Balaban J connectivity index is 2.64. The van der Waals surface area contributed by atoms with E-state index >= 15 is 0 Å². The normalized spacial score (nSPS) is 12.0. The SMILES string of the molecule is CCOC(=O)C(=Cc1c(C(=O)O[C@@H](C)C(=O)OC(C)(C)C)[nH]c2cc(Cl)cc(Cl)c12)C(=O)OCC. The van der Waals surface area contributed by atoms with E-state index in [1.165, 1.54) is 19.1 Å². The van der Waals surface area contributed by atoms with Gasteiger partial charge in [-0.25, -0.2) is 19.2 Å². The molecule has 0 aliphatic rings. The highest BCUT2D eigenvalue weighted by molar-refractivity contribution is 6.39. The fraction of sp³-hybridized carbons (Fsp3) is 0.417. The summed E-state index contributed by atoms with van der Waals surface area (Å²) >= 11 is 12.5. The van der Waals surface area contributed by atoms with Crippen LogP contribution >= 0.6 is 23.2 Å². The quantitative estimate of drug-likeness (QED) is 0.169. The Bertz CT molecular complexity index is 1160. The smallest absolute Gasteiger partial charge is 0.356 e. The minimum Gasteiger partial charge on any atom is -0.462 e. The van der Waals surface area contributed by atoms with Gasteiger partial charge in [-0.1, -0.05) is 23.2 Å². The van der Waals surface area contributed by atoms with Crippen molar-refractivity contribution in [3.63, 3.8) is 0 Å². The van der Waals surface area contributed by atoms with E-state index in [9.17, 15) is 19.2 Å². The first-order valence-corrected chi connectivity index (χ1v) is 11.5. The largest absolute Gasteiger partial charge is 0.462 e. The number of rotatable bonds is 8. The van der Waals surface area contributed by atoms with Gasteiger partial charge in [-0.3, -0.25) is 0 Å². The summed E-state index contributed by atoms with van der Waals surface area (Å²) in [7, 11) is 0. The Labute approximate surface area is 212 Å². The summed E-state index contributed by atoms with van der Waals surface area (Å²) in [6.07, 6.45) is -0.123. The number of hydrogen-bond acceptors (Lipinski definition) is 8. The molecule has 0 aliphatic carbocycles. The van der Waals surface area contributed by atoms with E-state index < -0.39 is 41.2 Å². The average molecular weight is 528 g/mol. The number of benzene rings is 1. The highest BCUT2D eigenvalue weighted by Gasteiger charge is 2.29. The molecule has 0 bridgehead atoms. The third kappa shape index (κ3) is 7.22. The zero-order chi connectivity index (χ0) is 26.5. The van der Waals surface area contributed by atoms with Crippen molar-refractivity contribution in [3.05, 3.63) is 39.0 Å². The van der Waals surface area contributed by atoms with Crippen molar-refractivity contribution in [1.29, 1.82) is 0 Å². The molecule has 9 nitrogen and oxygen atoms in total. The predicted molar refractivity (Wildman–Crippen MR) is 130 cm³/mol. The van der Waals surface area contributed by atoms with Gasteiger partial charge in [-0.05, 0) is 59.8 Å². The second-order valence-corrected chi connectivity index (χ2v) is 9.15. The standard InChI is InChI=1S/C24H27Cl2NO8/c1-7-32-21(29)15(22(30)33-8-2)11-14-18-16(26)9-13(25)10-17(18)27-19(14)23(31)34-12(3)20(28)35-24(4,5)6/h9-12,27H,7-8H2,1-6H3/t12-/m0/s1. The maximum absolute atomic E-state index is 13.1. The molecule has 0 radical (unpaired) electrons. The summed E-state index contributed by atoms with van der Waals surface area (Å²) in [5.41, 5.74) is -1.04. The summed E-state index contributed by atoms with van der Waals surface area (Å²) in [4.78, 5) is 53.2. The third-order valence-electron chi connectivity index (χ3n) is 4.36. The lowest BCUT2D eigenvalue weighted by atomic mass is 10.1. The van der Waals surface area contributed by atoms with Crippen molar-refractivity contribution < 1.29 is 38.1 Å². The van der Waals surface area contributed by atoms with Crippen molar-refractivity contribution in [1.82, 2.24) is 4.98 Å². The van der Waals surface area contributed by atoms with E-state index in [0.29, 0.717) is 10.9 Å². The van der Waals surface area contributed by atoms with Gasteiger partial charge in [0.15, 0.2) is 6.10 Å². The zero-order valence-corrected chi connectivity index (χ0v) is 21.8. The van der Waals surface area contributed by atoms with Crippen LogP contribution in [0.25, 0.3) is 17.0 Å². The third-order valence-corrected chi connectivity index (χ3v) is 4.88. The van der Waals surface area contributed by atoms with Gasteiger partial charge in [0.05, 0.1) is 18.2 Å². The van der Waals surface area contributed by atoms with E-state index in [1.807, 2.05) is 0 Å². The first kappa shape index (κ1) is 28.2. The number of hydrogen-bond donors (Lipinski definition) is 1. The van der Waals surface area contributed by atoms with Crippen LogP contribution in [0.5, 0.6) is 0 Å². The van der Waals surface area contributed by atoms with Gasteiger partial charge in [0.1, 0.15) is 16.9 Å². The Morgan fingerprint density at radius 2 is 1.60 bits per heavy atom. The number of ether oxygens (including phenoxy) is 4. The van der Waals surface area contributed by atoms with Crippen LogP contribution in [-0.4, -0.2) is 53.8 Å². The molecule has 0 spiro atoms. The summed E-state index contributed by atoms with van der Waals surface area (Å²) in [5.74, 6) is -3.61. The topological polar surface area (TPSA) is 121 Å². The molecule has 1 aromatic carbocycles. The molecule has 2 rings (SSSR count). The van der Waals surface area contributed by atoms with E-state index in [4.69, 9.17) is 42.1 Å². The minimum absolute atomic E-state index is 0.00211. The molecule has 0 amide bonds. The number of H-pyrrole nitrogens is 1. The molecular formula is C24H27Cl2NO8. The number of nitrogens with one attached hydrogen (secondary N) is 1. The van der Waals surface area contributed by atoms with Crippen LogP contribution in [-0.2, 0) is 33.3 Å². The number of halogens is 2. The molecule has 2 aromatic rings. The van der Waals surface area contributed by atoms with Crippen LogP contribution in [0.4, 0.5) is 0 Å². The number of fused-ring (bicyclic) bond motifs is 1. The van der Waals surface area contributed by atoms with Crippen LogP contribution < -0.4 is 0 Å². The molecule has 0 unspecified atom stereocenters. The monoisotopic (exact) mass is 527 g/mol. The fourth-order valence-corrected chi connectivity index (χ4v) is 3.59. The number of aromatic amines is 1. The number of carbonyl (C=O) groups excluding carboxylic acids is 4. The Kier molecular flexibility index (Phi) is 9.34. The van der Waals surface area contributed by atoms with Crippen LogP contribution in [0.3, 0.4) is 0 Å². The molecule has 35 heavy (non-hydrogen) atoms. The molecule has 1 heterocycles. The number of aromatic nitrogens is 1. The summed E-state index contributed by atoms with van der Waals surface area (Å²) in [6, 6.07) is 2.94. The van der Waals surface area contributed by atoms with E-state index in [1.54, 1.807) is 34.6 Å². The van der Waals surface area contributed by atoms with Crippen molar-refractivity contribution >= 4 is 64.1 Å². The van der Waals surface area contributed by atoms with Crippen LogP contribution in [0.2, 0.25) is 10.0 Å². The number of esters is 4. The molecule has 0 fully saturated rings. The first-order chi connectivity index (χ1) is 16.3. The lowest BCUT2D eigenvalue weighted by Crippen LogP contribution is -2.33. The Hall–Kier alpha value is -3.04. The van der Waals surface area contributed by atoms with Crippen LogP contribution in [0, 0.1) is 0 Å². The summed E-state index contributed by atoms with van der Waals surface area (Å²) in [6.45, 7) is 9.55. The van der Waals surface area contributed by atoms with Crippen molar-refractivity contribution in [2.75, 3.05) is 13.2 Å². The molecular weight excluding hydrogens is 501 g/mol. The highest BCUT2D eigenvalue weighted by Crippen LogP contribution is 2.34. The highest BCUT2D eigenvalue weighted by atomic mass is 35.5. The van der Waals surface area contributed by atoms with Gasteiger partial charge in [0.25, 0.3) is 0 Å². The van der Waals surface area contributed by atoms with Gasteiger partial charge >= 0.3 is 23.9 Å². The molecule has 0 saturated heterocycles. The molecule has 11 heteroatoms. The minimum atomic E-state index is -1.25. The molecule has 1 aromatic heterocycles. The number of carbonyl (C=O) groups is 4. The second kappa shape index (κ2) is 11.6. The lowest BCUT2D eigenvalue weighted by molar-refractivity contribution is -0.164. The molecule has 190 valence electrons. The first-order valence-electron chi connectivity index (χ1n) is 10.8. The fourth-order valence-electron chi connectivity index (χ4n) is 2.99. The maximum atomic E-state index is 13.1. The Morgan fingerprint density at radius 1 is 1.03 bits per heavy atom. The summed E-state index contributed by atoms with van der Waals surface area (Å²) in [5, 5.41) is 0.706. The zero-order valence-electron chi connectivity index (χ0n) is 20.2. The van der Waals surface area contributed by atoms with Gasteiger partial charge < -0.3 is 23.9 Å². The summed E-state index contributed by atoms with van der Waals surface area (Å²) < 4.78 is 20.5. The van der Waals surface area contributed by atoms with Gasteiger partial charge in [0, 0.05) is 21.5 Å². The molecule has 0 aliphatic heterocycles. The molecule has 1 N–H and O–H groups in total.